The summed E-state index contributed by atoms with van der Waals surface area (Å²) in [5.41, 5.74) is 5.70. The predicted octanol–water partition coefficient (Wildman–Crippen LogP) is 6.51. The Balaban J connectivity index is 1.54. The smallest absolute Gasteiger partial charge is 0.255 e. The topological polar surface area (TPSA) is 46.4 Å². The highest BCUT2D eigenvalue weighted by atomic mass is 19.1. The molecule has 5 rings (SSSR count). The first-order chi connectivity index (χ1) is 16.0. The second-order valence-electron chi connectivity index (χ2n) is 7.76. The van der Waals surface area contributed by atoms with Crippen molar-refractivity contribution < 1.29 is 13.6 Å². The lowest BCUT2D eigenvalue weighted by atomic mass is 9.99. The van der Waals surface area contributed by atoms with E-state index in [1.807, 2.05) is 53.9 Å². The molecule has 0 saturated heterocycles. The molecular weight excluding hydrogens is 420 g/mol. The fourth-order valence-electron chi connectivity index (χ4n) is 3.86. The molecule has 33 heavy (non-hydrogen) atoms. The number of carbonyl (C=O) groups excluding carboxylic acids is 1. The van der Waals surface area contributed by atoms with E-state index in [0.29, 0.717) is 16.9 Å². The molecule has 0 atom stereocenters. The van der Waals surface area contributed by atoms with Crippen molar-refractivity contribution in [1.29, 1.82) is 0 Å². The number of benzene rings is 3. The van der Waals surface area contributed by atoms with E-state index in [1.165, 1.54) is 36.4 Å². The second kappa shape index (κ2) is 8.31. The van der Waals surface area contributed by atoms with Crippen molar-refractivity contribution in [1.82, 2.24) is 9.38 Å². The van der Waals surface area contributed by atoms with Crippen LogP contribution in [0.2, 0.25) is 0 Å². The quantitative estimate of drug-likeness (QED) is 0.347. The summed E-state index contributed by atoms with van der Waals surface area (Å²) in [6, 6.07) is 21.5. The Morgan fingerprint density at radius 2 is 1.70 bits per heavy atom. The van der Waals surface area contributed by atoms with Gasteiger partial charge in [0.15, 0.2) is 0 Å². The number of rotatable bonds is 4. The zero-order valence-corrected chi connectivity index (χ0v) is 17.7. The van der Waals surface area contributed by atoms with Gasteiger partial charge in [0.2, 0.25) is 0 Å². The fraction of sp³-hybridized carbons (Fsp3) is 0.0370. The first kappa shape index (κ1) is 20.6. The summed E-state index contributed by atoms with van der Waals surface area (Å²) in [7, 11) is 0. The average molecular weight is 439 g/mol. The molecule has 5 aromatic rings. The lowest BCUT2D eigenvalue weighted by Crippen LogP contribution is -2.13. The van der Waals surface area contributed by atoms with Crippen LogP contribution in [0.1, 0.15) is 15.9 Å². The van der Waals surface area contributed by atoms with Gasteiger partial charge in [-0.1, -0.05) is 24.3 Å². The summed E-state index contributed by atoms with van der Waals surface area (Å²) in [6.07, 6.45) is 3.59. The van der Waals surface area contributed by atoms with Crippen LogP contribution in [0.4, 0.5) is 14.5 Å². The third-order valence-electron chi connectivity index (χ3n) is 5.55. The van der Waals surface area contributed by atoms with Crippen LogP contribution in [-0.2, 0) is 0 Å². The van der Waals surface area contributed by atoms with E-state index < -0.39 is 0 Å². The van der Waals surface area contributed by atoms with Crippen molar-refractivity contribution in [3.63, 3.8) is 0 Å². The minimum Gasteiger partial charge on any atom is -0.322 e. The van der Waals surface area contributed by atoms with Crippen LogP contribution in [0.15, 0.2) is 91.3 Å². The molecule has 6 heteroatoms. The van der Waals surface area contributed by atoms with Crippen LogP contribution in [0.5, 0.6) is 0 Å². The van der Waals surface area contributed by atoms with Gasteiger partial charge in [0.1, 0.15) is 17.3 Å². The Morgan fingerprint density at radius 1 is 0.879 bits per heavy atom. The number of fused-ring (bicyclic) bond motifs is 1. The highest BCUT2D eigenvalue weighted by Crippen LogP contribution is 2.30. The van der Waals surface area contributed by atoms with Crippen molar-refractivity contribution in [3.05, 3.63) is 114 Å². The highest BCUT2D eigenvalue weighted by Gasteiger charge is 2.15. The third-order valence-corrected chi connectivity index (χ3v) is 5.55. The lowest BCUT2D eigenvalue weighted by molar-refractivity contribution is 0.102. The highest BCUT2D eigenvalue weighted by molar-refractivity contribution is 6.06. The fourth-order valence-corrected chi connectivity index (χ4v) is 3.86. The summed E-state index contributed by atoms with van der Waals surface area (Å²) in [5, 5.41) is 2.81. The number of aromatic nitrogens is 2. The van der Waals surface area contributed by atoms with E-state index >= 15 is 0 Å². The minimum absolute atomic E-state index is 0.281. The number of aryl methyl sites for hydroxylation is 1. The van der Waals surface area contributed by atoms with Gasteiger partial charge in [-0.3, -0.25) is 9.20 Å². The molecule has 0 fully saturated rings. The Morgan fingerprint density at radius 3 is 2.48 bits per heavy atom. The van der Waals surface area contributed by atoms with E-state index in [2.05, 4.69) is 10.3 Å². The van der Waals surface area contributed by atoms with Crippen LogP contribution < -0.4 is 5.32 Å². The molecule has 0 radical (unpaired) electrons. The molecule has 0 aliphatic rings. The average Bonchev–Trinajstić information content (AvgIpc) is 3.25. The predicted molar refractivity (Wildman–Crippen MR) is 125 cm³/mol. The molecule has 162 valence electrons. The lowest BCUT2D eigenvalue weighted by Gasteiger charge is -2.11. The van der Waals surface area contributed by atoms with Gasteiger partial charge in [-0.25, -0.2) is 13.8 Å². The summed E-state index contributed by atoms with van der Waals surface area (Å²) in [6.45, 7) is 1.86. The van der Waals surface area contributed by atoms with E-state index in [9.17, 15) is 13.6 Å². The number of hydrogen-bond acceptors (Lipinski definition) is 2. The number of nitrogens with one attached hydrogen (secondary N) is 1. The van der Waals surface area contributed by atoms with Crippen molar-refractivity contribution >= 4 is 17.2 Å². The van der Waals surface area contributed by atoms with Gasteiger partial charge in [-0.15, -0.1) is 0 Å². The van der Waals surface area contributed by atoms with Crippen molar-refractivity contribution in [2.24, 2.45) is 0 Å². The number of imidazole rings is 1. The molecule has 0 spiro atoms. The molecule has 0 unspecified atom stereocenters. The first-order valence-electron chi connectivity index (χ1n) is 10.4. The molecule has 0 saturated carbocycles. The van der Waals surface area contributed by atoms with Crippen molar-refractivity contribution in [2.45, 2.75) is 6.92 Å². The van der Waals surface area contributed by atoms with Gasteiger partial charge in [0.05, 0.1) is 11.9 Å². The normalized spacial score (nSPS) is 11.0. The summed E-state index contributed by atoms with van der Waals surface area (Å²) >= 11 is 0. The van der Waals surface area contributed by atoms with Crippen LogP contribution in [0, 0.1) is 18.6 Å². The third kappa shape index (κ3) is 3.99. The Kier molecular flexibility index (Phi) is 5.18. The number of halogens is 2. The first-order valence-corrected chi connectivity index (χ1v) is 10.4. The number of anilines is 1. The molecule has 0 aliphatic carbocycles. The standard InChI is InChI=1S/C27H19F2N3O/c1-17-7-8-18(15-24(17)27(33)31-22-11-9-20(28)10-12-22)23-6-3-13-32-25(16-30-26(23)32)19-4-2-5-21(29)14-19/h2-16H,1H3,(H,31,33). The van der Waals surface area contributed by atoms with Gasteiger partial charge >= 0.3 is 0 Å². The van der Waals surface area contributed by atoms with Crippen molar-refractivity contribution in [2.75, 3.05) is 5.32 Å². The SMILES string of the molecule is Cc1ccc(-c2cccn3c(-c4cccc(F)c4)cnc23)cc1C(=O)Nc1ccc(F)cc1. The maximum atomic E-state index is 13.8. The second-order valence-corrected chi connectivity index (χ2v) is 7.76. The molecular formula is C27H19F2N3O. The summed E-state index contributed by atoms with van der Waals surface area (Å²) in [5.74, 6) is -0.956. The van der Waals surface area contributed by atoms with Crippen LogP contribution in [0.25, 0.3) is 28.0 Å². The van der Waals surface area contributed by atoms with Gasteiger partial charge in [0, 0.05) is 28.6 Å². The van der Waals surface area contributed by atoms with E-state index in [1.54, 1.807) is 12.3 Å². The van der Waals surface area contributed by atoms with Crippen LogP contribution in [-0.4, -0.2) is 15.3 Å². The van der Waals surface area contributed by atoms with Crippen molar-refractivity contribution in [3.8, 4) is 22.4 Å². The van der Waals surface area contributed by atoms with Gasteiger partial charge in [-0.2, -0.15) is 0 Å². The van der Waals surface area contributed by atoms with E-state index in [0.717, 1.165) is 27.9 Å². The molecule has 4 nitrogen and oxygen atoms in total. The Labute approximate surface area is 189 Å². The molecule has 2 aromatic heterocycles. The molecule has 1 amide bonds. The van der Waals surface area contributed by atoms with Gasteiger partial charge in [0.25, 0.3) is 5.91 Å². The summed E-state index contributed by atoms with van der Waals surface area (Å²) < 4.78 is 28.8. The zero-order valence-electron chi connectivity index (χ0n) is 17.7. The molecule has 1 N–H and O–H groups in total. The monoisotopic (exact) mass is 439 g/mol. The van der Waals surface area contributed by atoms with E-state index in [-0.39, 0.29) is 17.5 Å². The van der Waals surface area contributed by atoms with Crippen LogP contribution >= 0.6 is 0 Å². The van der Waals surface area contributed by atoms with E-state index in [4.69, 9.17) is 0 Å². The zero-order chi connectivity index (χ0) is 22.9. The maximum Gasteiger partial charge on any atom is 0.255 e. The summed E-state index contributed by atoms with van der Waals surface area (Å²) in [4.78, 5) is 17.5. The number of nitrogens with zero attached hydrogens (tertiary/aromatic N) is 2. The van der Waals surface area contributed by atoms with Crippen LogP contribution in [0.3, 0.4) is 0 Å². The number of carbonyl (C=O) groups is 1. The minimum atomic E-state index is -0.364. The largest absolute Gasteiger partial charge is 0.322 e. The van der Waals surface area contributed by atoms with Gasteiger partial charge < -0.3 is 5.32 Å². The molecule has 0 aliphatic heterocycles. The molecule has 2 heterocycles. The van der Waals surface area contributed by atoms with Gasteiger partial charge in [-0.05, 0) is 72.6 Å². The molecule has 0 bridgehead atoms. The Bertz CT molecular complexity index is 1490. The number of pyridine rings is 1. The Hall–Kier alpha value is -4.32. The molecule has 3 aromatic carbocycles. The number of hydrogen-bond donors (Lipinski definition) is 1. The maximum absolute atomic E-state index is 13.8. The number of amides is 1.